The van der Waals surface area contributed by atoms with Gasteiger partial charge >= 0.3 is 0 Å². The number of aliphatic hydroxyl groups is 1. The number of benzene rings is 1. The highest BCUT2D eigenvalue weighted by Crippen LogP contribution is 2.32. The largest absolute Gasteiger partial charge is 0.371 e. The summed E-state index contributed by atoms with van der Waals surface area (Å²) in [6, 6.07) is 4.84. The number of anilines is 1. The third-order valence-electron chi connectivity index (χ3n) is 4.66. The van der Waals surface area contributed by atoms with E-state index in [2.05, 4.69) is 5.32 Å². The number of halogens is 1. The van der Waals surface area contributed by atoms with Crippen LogP contribution in [0.1, 0.15) is 44.1 Å². The number of amides is 1. The molecule has 23 heavy (non-hydrogen) atoms. The molecule has 1 amide bonds. The van der Waals surface area contributed by atoms with Gasteiger partial charge in [0.05, 0.1) is 11.6 Å². The molecule has 1 unspecified atom stereocenters. The summed E-state index contributed by atoms with van der Waals surface area (Å²) in [4.78, 5) is 25.3. The zero-order valence-electron chi connectivity index (χ0n) is 13.1. The molecule has 0 saturated carbocycles. The van der Waals surface area contributed by atoms with Gasteiger partial charge in [0.15, 0.2) is 0 Å². The molecular formula is C17H21FN2O3. The van der Waals surface area contributed by atoms with Crippen molar-refractivity contribution in [1.82, 2.24) is 5.32 Å². The minimum atomic E-state index is -1.19. The van der Waals surface area contributed by atoms with Crippen molar-refractivity contribution >= 4 is 17.4 Å². The van der Waals surface area contributed by atoms with E-state index in [1.807, 2.05) is 4.90 Å². The van der Waals surface area contributed by atoms with Gasteiger partial charge in [-0.2, -0.15) is 0 Å². The van der Waals surface area contributed by atoms with E-state index in [9.17, 15) is 19.1 Å². The van der Waals surface area contributed by atoms with E-state index < -0.39 is 11.6 Å². The SMILES string of the molecule is C[C@@]1(O)CCC(c2ccc(N3CCC(=O)CC3)c(F)c2)C(=O)N1. The van der Waals surface area contributed by atoms with Gasteiger partial charge in [-0.3, -0.25) is 9.59 Å². The summed E-state index contributed by atoms with van der Waals surface area (Å²) in [5.74, 6) is -0.884. The average Bonchev–Trinajstić information content (AvgIpc) is 2.47. The lowest BCUT2D eigenvalue weighted by Crippen LogP contribution is -2.51. The molecule has 124 valence electrons. The van der Waals surface area contributed by atoms with Crippen LogP contribution in [0.4, 0.5) is 10.1 Å². The van der Waals surface area contributed by atoms with Crippen molar-refractivity contribution in [3.05, 3.63) is 29.6 Å². The molecule has 2 aliphatic rings. The van der Waals surface area contributed by atoms with E-state index in [0.717, 1.165) is 0 Å². The minimum absolute atomic E-state index is 0.212. The first kappa shape index (κ1) is 15.9. The van der Waals surface area contributed by atoms with Gasteiger partial charge in [-0.1, -0.05) is 6.07 Å². The zero-order chi connectivity index (χ0) is 16.6. The van der Waals surface area contributed by atoms with Crippen molar-refractivity contribution in [2.45, 2.75) is 44.2 Å². The molecule has 1 aromatic carbocycles. The molecule has 0 spiro atoms. The summed E-state index contributed by atoms with van der Waals surface area (Å²) in [5, 5.41) is 12.4. The third kappa shape index (κ3) is 3.37. The van der Waals surface area contributed by atoms with Crippen molar-refractivity contribution in [2.75, 3.05) is 18.0 Å². The predicted octanol–water partition coefficient (Wildman–Crippen LogP) is 1.70. The van der Waals surface area contributed by atoms with Gasteiger partial charge in [0.1, 0.15) is 17.3 Å². The number of nitrogens with zero attached hydrogens (tertiary/aromatic N) is 1. The summed E-state index contributed by atoms with van der Waals surface area (Å²) in [6.45, 7) is 2.62. The highest BCUT2D eigenvalue weighted by molar-refractivity contribution is 5.85. The molecule has 2 saturated heterocycles. The highest BCUT2D eigenvalue weighted by atomic mass is 19.1. The van der Waals surface area contributed by atoms with E-state index >= 15 is 0 Å². The molecule has 0 bridgehead atoms. The molecule has 2 aliphatic heterocycles. The molecule has 2 atom stereocenters. The fourth-order valence-corrected chi connectivity index (χ4v) is 3.28. The van der Waals surface area contributed by atoms with E-state index in [1.54, 1.807) is 19.1 Å². The van der Waals surface area contributed by atoms with Crippen molar-refractivity contribution in [1.29, 1.82) is 0 Å². The van der Waals surface area contributed by atoms with E-state index in [1.165, 1.54) is 6.07 Å². The first-order valence-corrected chi connectivity index (χ1v) is 7.96. The van der Waals surface area contributed by atoms with Crippen molar-refractivity contribution in [3.8, 4) is 0 Å². The number of ketones is 1. The van der Waals surface area contributed by atoms with Gasteiger partial charge in [0.25, 0.3) is 0 Å². The molecule has 1 aromatic rings. The van der Waals surface area contributed by atoms with Crippen molar-refractivity contribution in [2.24, 2.45) is 0 Å². The normalized spacial score (nSPS) is 28.7. The Morgan fingerprint density at radius 2 is 2.00 bits per heavy atom. The zero-order valence-corrected chi connectivity index (χ0v) is 13.1. The summed E-state index contributed by atoms with van der Waals surface area (Å²) in [6.07, 6.45) is 1.81. The van der Waals surface area contributed by atoms with Gasteiger partial charge in [0.2, 0.25) is 5.91 Å². The number of Topliss-reactive ketones (excluding diaryl/α,β-unsaturated/α-hetero) is 1. The number of carbonyl (C=O) groups is 2. The average molecular weight is 320 g/mol. The number of nitrogens with one attached hydrogen (secondary N) is 1. The van der Waals surface area contributed by atoms with Crippen LogP contribution < -0.4 is 10.2 Å². The lowest BCUT2D eigenvalue weighted by Gasteiger charge is -2.34. The van der Waals surface area contributed by atoms with Gasteiger partial charge in [-0.25, -0.2) is 4.39 Å². The number of piperidine rings is 2. The Morgan fingerprint density at radius 3 is 2.61 bits per heavy atom. The molecule has 2 heterocycles. The number of rotatable bonds is 2. The van der Waals surface area contributed by atoms with E-state index in [4.69, 9.17) is 0 Å². The monoisotopic (exact) mass is 320 g/mol. The molecule has 5 nitrogen and oxygen atoms in total. The fraction of sp³-hybridized carbons (Fsp3) is 0.529. The van der Waals surface area contributed by atoms with Gasteiger partial charge in [-0.05, 0) is 37.5 Å². The van der Waals surface area contributed by atoms with Crippen LogP contribution in [-0.4, -0.2) is 35.6 Å². The molecule has 3 rings (SSSR count). The molecular weight excluding hydrogens is 299 g/mol. The Hall–Kier alpha value is -1.95. The van der Waals surface area contributed by atoms with Crippen molar-refractivity contribution in [3.63, 3.8) is 0 Å². The molecule has 6 heteroatoms. The Kier molecular flexibility index (Phi) is 4.10. The van der Waals surface area contributed by atoms with Crippen LogP contribution in [-0.2, 0) is 9.59 Å². The van der Waals surface area contributed by atoms with Crippen LogP contribution in [0, 0.1) is 5.82 Å². The van der Waals surface area contributed by atoms with Crippen LogP contribution >= 0.6 is 0 Å². The quantitative estimate of drug-likeness (QED) is 0.870. The lowest BCUT2D eigenvalue weighted by atomic mass is 9.86. The van der Waals surface area contributed by atoms with Gasteiger partial charge in [0, 0.05) is 25.9 Å². The molecule has 2 N–H and O–H groups in total. The summed E-state index contributed by atoms with van der Waals surface area (Å²) in [7, 11) is 0. The molecule has 2 fully saturated rings. The number of hydrogen-bond donors (Lipinski definition) is 2. The third-order valence-corrected chi connectivity index (χ3v) is 4.66. The standard InChI is InChI=1S/C17H21FN2O3/c1-17(23)7-4-13(16(22)19-17)11-2-3-15(14(18)10-11)20-8-5-12(21)6-9-20/h2-3,10,13,23H,4-9H2,1H3,(H,19,22)/t13?,17-/m1/s1. The maximum Gasteiger partial charge on any atom is 0.229 e. The van der Waals surface area contributed by atoms with Crippen LogP contribution in [0.25, 0.3) is 0 Å². The Morgan fingerprint density at radius 1 is 1.30 bits per heavy atom. The Balaban J connectivity index is 1.77. The first-order valence-electron chi connectivity index (χ1n) is 7.96. The second kappa shape index (κ2) is 5.92. The summed E-state index contributed by atoms with van der Waals surface area (Å²) in [5.41, 5.74) is -0.0938. The van der Waals surface area contributed by atoms with Gasteiger partial charge < -0.3 is 15.3 Å². The van der Waals surface area contributed by atoms with Crippen LogP contribution in [0.3, 0.4) is 0 Å². The summed E-state index contributed by atoms with van der Waals surface area (Å²) >= 11 is 0. The molecule has 0 radical (unpaired) electrons. The second-order valence-corrected chi connectivity index (χ2v) is 6.59. The minimum Gasteiger partial charge on any atom is -0.371 e. The van der Waals surface area contributed by atoms with Gasteiger partial charge in [-0.15, -0.1) is 0 Å². The predicted molar refractivity (Wildman–Crippen MR) is 83.6 cm³/mol. The maximum atomic E-state index is 14.5. The maximum absolute atomic E-state index is 14.5. The fourth-order valence-electron chi connectivity index (χ4n) is 3.28. The van der Waals surface area contributed by atoms with E-state index in [0.29, 0.717) is 50.0 Å². The topological polar surface area (TPSA) is 69.6 Å². The van der Waals surface area contributed by atoms with Crippen LogP contribution in [0.15, 0.2) is 18.2 Å². The van der Waals surface area contributed by atoms with E-state index in [-0.39, 0.29) is 17.5 Å². The Bertz CT molecular complexity index is 635. The number of carbonyl (C=O) groups excluding carboxylic acids is 2. The number of hydrogen-bond acceptors (Lipinski definition) is 4. The van der Waals surface area contributed by atoms with Crippen LogP contribution in [0.5, 0.6) is 0 Å². The Labute approximate surface area is 134 Å². The molecule has 0 aliphatic carbocycles. The lowest BCUT2D eigenvalue weighted by molar-refractivity contribution is -0.134. The highest BCUT2D eigenvalue weighted by Gasteiger charge is 2.35. The summed E-state index contributed by atoms with van der Waals surface area (Å²) < 4.78 is 14.5. The first-order chi connectivity index (χ1) is 10.9. The van der Waals surface area contributed by atoms with Crippen LogP contribution in [0.2, 0.25) is 0 Å². The smallest absolute Gasteiger partial charge is 0.229 e. The van der Waals surface area contributed by atoms with Crippen molar-refractivity contribution < 1.29 is 19.1 Å². The molecule has 0 aromatic heterocycles. The second-order valence-electron chi connectivity index (χ2n) is 6.59.